The molecule has 2 saturated heterocycles. The van der Waals surface area contributed by atoms with Gasteiger partial charge >= 0.3 is 0 Å². The van der Waals surface area contributed by atoms with Gasteiger partial charge in [-0.2, -0.15) is 0 Å². The molecule has 2 heterocycles. The lowest BCUT2D eigenvalue weighted by Crippen LogP contribution is -2.51. The Labute approximate surface area is 224 Å². The summed E-state index contributed by atoms with van der Waals surface area (Å²) < 4.78 is 0. The standard InChI is InChI=1S/C29H37Cl2N3O2/c1-19(2)14-26(28(35)11-9-21-8-10-24(30)25(31)16-21)33-13-12-23(15-20-6-4-3-5-7-20)34-18-22(32)17-27(34)29(33)36/h3-8,10,16,19,22-23,26-27H,9,11-15,17-18,32H2,1-2H3/t22-,23?,26-,27+/m1/s1. The minimum atomic E-state index is -0.422. The number of Topliss-reactive ketones (excluding diaryl/α,β-unsaturated/α-hetero) is 1. The fraction of sp³-hybridized carbons (Fsp3) is 0.517. The first-order valence-electron chi connectivity index (χ1n) is 13.0. The van der Waals surface area contributed by atoms with E-state index in [0.717, 1.165) is 24.9 Å². The van der Waals surface area contributed by atoms with Crippen LogP contribution in [0.1, 0.15) is 50.7 Å². The smallest absolute Gasteiger partial charge is 0.240 e. The molecule has 2 N–H and O–H groups in total. The summed E-state index contributed by atoms with van der Waals surface area (Å²) in [6.07, 6.45) is 3.95. The molecule has 194 valence electrons. The molecule has 2 aromatic carbocycles. The van der Waals surface area contributed by atoms with E-state index in [2.05, 4.69) is 43.0 Å². The van der Waals surface area contributed by atoms with Crippen LogP contribution >= 0.6 is 23.2 Å². The van der Waals surface area contributed by atoms with Crippen LogP contribution in [0.25, 0.3) is 0 Å². The van der Waals surface area contributed by atoms with E-state index >= 15 is 0 Å². The van der Waals surface area contributed by atoms with Gasteiger partial charge < -0.3 is 10.6 Å². The van der Waals surface area contributed by atoms with E-state index in [1.165, 1.54) is 5.56 Å². The Morgan fingerprint density at radius 3 is 2.53 bits per heavy atom. The molecule has 7 heteroatoms. The SMILES string of the molecule is CC(C)C[C@H](C(=O)CCc1ccc(Cl)c(Cl)c1)N1CCC(Cc2ccccc2)N2C[C@H](N)C[C@H]2C1=O. The molecule has 36 heavy (non-hydrogen) atoms. The van der Waals surface area contributed by atoms with Crippen LogP contribution in [-0.4, -0.2) is 58.7 Å². The molecule has 4 rings (SSSR count). The Kier molecular flexibility index (Phi) is 9.10. The fourth-order valence-corrected chi connectivity index (χ4v) is 6.04. The number of carbonyl (C=O) groups excluding carboxylic acids is 2. The maximum absolute atomic E-state index is 13.9. The first kappa shape index (κ1) is 27.1. The molecule has 1 unspecified atom stereocenters. The van der Waals surface area contributed by atoms with E-state index in [1.54, 1.807) is 6.07 Å². The number of nitrogens with zero attached hydrogens (tertiary/aromatic N) is 2. The van der Waals surface area contributed by atoms with E-state index in [-0.39, 0.29) is 29.8 Å². The highest BCUT2D eigenvalue weighted by atomic mass is 35.5. The molecule has 5 nitrogen and oxygen atoms in total. The first-order chi connectivity index (χ1) is 17.2. The Bertz CT molecular complexity index is 1060. The van der Waals surface area contributed by atoms with Crippen molar-refractivity contribution in [3.05, 3.63) is 69.7 Å². The lowest BCUT2D eigenvalue weighted by molar-refractivity contribution is -0.142. The van der Waals surface area contributed by atoms with Gasteiger partial charge in [-0.25, -0.2) is 0 Å². The fourth-order valence-electron chi connectivity index (χ4n) is 5.72. The van der Waals surface area contributed by atoms with E-state index in [4.69, 9.17) is 28.9 Å². The highest BCUT2D eigenvalue weighted by Gasteiger charge is 2.45. The Morgan fingerprint density at radius 2 is 1.83 bits per heavy atom. The number of fused-ring (bicyclic) bond motifs is 1. The zero-order chi connectivity index (χ0) is 25.8. The van der Waals surface area contributed by atoms with E-state index in [1.807, 2.05) is 23.1 Å². The predicted octanol–water partition coefficient (Wildman–Crippen LogP) is 5.16. The number of carbonyl (C=O) groups is 2. The third-order valence-electron chi connectivity index (χ3n) is 7.51. The zero-order valence-electron chi connectivity index (χ0n) is 21.2. The molecule has 0 saturated carbocycles. The van der Waals surface area contributed by atoms with Crippen LogP contribution < -0.4 is 5.73 Å². The van der Waals surface area contributed by atoms with E-state index in [9.17, 15) is 9.59 Å². The van der Waals surface area contributed by atoms with Gasteiger partial charge in [0, 0.05) is 31.6 Å². The van der Waals surface area contributed by atoms with Crippen LogP contribution in [0.4, 0.5) is 0 Å². The number of ketones is 1. The van der Waals surface area contributed by atoms with Crippen molar-refractivity contribution in [1.82, 2.24) is 9.80 Å². The average Bonchev–Trinajstić information content (AvgIpc) is 3.20. The first-order valence-corrected chi connectivity index (χ1v) is 13.8. The number of rotatable bonds is 9. The van der Waals surface area contributed by atoms with Crippen molar-refractivity contribution < 1.29 is 9.59 Å². The van der Waals surface area contributed by atoms with Crippen LogP contribution in [0.2, 0.25) is 10.0 Å². The quantitative estimate of drug-likeness (QED) is 0.487. The van der Waals surface area contributed by atoms with Crippen LogP contribution in [-0.2, 0) is 22.4 Å². The van der Waals surface area contributed by atoms with Gasteiger partial charge in [0.1, 0.15) is 0 Å². The van der Waals surface area contributed by atoms with Gasteiger partial charge in [0.2, 0.25) is 5.91 Å². The highest BCUT2D eigenvalue weighted by molar-refractivity contribution is 6.42. The van der Waals surface area contributed by atoms with Gasteiger partial charge in [-0.1, -0.05) is 73.4 Å². The maximum Gasteiger partial charge on any atom is 0.240 e. The summed E-state index contributed by atoms with van der Waals surface area (Å²) >= 11 is 12.2. The van der Waals surface area contributed by atoms with Crippen molar-refractivity contribution in [3.63, 3.8) is 0 Å². The number of nitrogens with two attached hydrogens (primary N) is 1. The van der Waals surface area contributed by atoms with Crippen LogP contribution in [0.3, 0.4) is 0 Å². The normalized spacial score (nSPS) is 23.6. The van der Waals surface area contributed by atoms with Gasteiger partial charge in [0.15, 0.2) is 5.78 Å². The summed E-state index contributed by atoms with van der Waals surface area (Å²) in [5.41, 5.74) is 8.60. The molecule has 0 bridgehead atoms. The minimum absolute atomic E-state index is 0.0222. The number of hydrogen-bond acceptors (Lipinski definition) is 4. The number of amides is 1. The molecule has 1 amide bonds. The lowest BCUT2D eigenvalue weighted by atomic mass is 9.94. The monoisotopic (exact) mass is 529 g/mol. The molecular formula is C29H37Cl2N3O2. The Hall–Kier alpha value is -1.92. The average molecular weight is 531 g/mol. The molecule has 0 spiro atoms. The van der Waals surface area contributed by atoms with Crippen molar-refractivity contribution in [3.8, 4) is 0 Å². The lowest BCUT2D eigenvalue weighted by Gasteiger charge is -2.33. The Morgan fingerprint density at radius 1 is 1.08 bits per heavy atom. The minimum Gasteiger partial charge on any atom is -0.331 e. The molecular weight excluding hydrogens is 493 g/mol. The summed E-state index contributed by atoms with van der Waals surface area (Å²) in [6.45, 7) is 5.53. The summed E-state index contributed by atoms with van der Waals surface area (Å²) in [6, 6.07) is 15.4. The van der Waals surface area contributed by atoms with Crippen molar-refractivity contribution in [2.75, 3.05) is 13.1 Å². The van der Waals surface area contributed by atoms with Gasteiger partial charge in [0.25, 0.3) is 0 Å². The molecule has 0 aliphatic carbocycles. The van der Waals surface area contributed by atoms with Crippen molar-refractivity contribution >= 4 is 34.9 Å². The van der Waals surface area contributed by atoms with Crippen molar-refractivity contribution in [2.24, 2.45) is 11.7 Å². The van der Waals surface area contributed by atoms with Crippen molar-refractivity contribution in [2.45, 2.75) is 76.5 Å². The van der Waals surface area contributed by atoms with Crippen LogP contribution in [0.15, 0.2) is 48.5 Å². The predicted molar refractivity (Wildman–Crippen MR) is 146 cm³/mol. The van der Waals surface area contributed by atoms with Crippen molar-refractivity contribution in [1.29, 1.82) is 0 Å². The molecule has 2 aliphatic rings. The van der Waals surface area contributed by atoms with Gasteiger partial charge in [-0.05, 0) is 61.3 Å². The zero-order valence-corrected chi connectivity index (χ0v) is 22.7. The molecule has 2 aliphatic heterocycles. The largest absolute Gasteiger partial charge is 0.331 e. The van der Waals surface area contributed by atoms with Crippen LogP contribution in [0, 0.1) is 5.92 Å². The highest BCUT2D eigenvalue weighted by Crippen LogP contribution is 2.31. The van der Waals surface area contributed by atoms with E-state index < -0.39 is 6.04 Å². The van der Waals surface area contributed by atoms with Gasteiger partial charge in [0.05, 0.1) is 22.1 Å². The van der Waals surface area contributed by atoms with Crippen LogP contribution in [0.5, 0.6) is 0 Å². The second kappa shape index (κ2) is 12.1. The number of hydrogen-bond donors (Lipinski definition) is 1. The summed E-state index contributed by atoms with van der Waals surface area (Å²) in [4.78, 5) is 31.7. The molecule has 2 fully saturated rings. The summed E-state index contributed by atoms with van der Waals surface area (Å²) in [5, 5.41) is 0.995. The molecule has 0 aromatic heterocycles. The molecule has 0 radical (unpaired) electrons. The second-order valence-electron chi connectivity index (χ2n) is 10.7. The maximum atomic E-state index is 13.9. The topological polar surface area (TPSA) is 66.6 Å². The Balaban J connectivity index is 1.53. The summed E-state index contributed by atoms with van der Waals surface area (Å²) in [7, 11) is 0. The molecule has 2 aromatic rings. The number of benzene rings is 2. The number of halogens is 2. The van der Waals surface area contributed by atoms with Gasteiger partial charge in [-0.15, -0.1) is 0 Å². The number of aryl methyl sites for hydroxylation is 1. The molecule has 4 atom stereocenters. The van der Waals surface area contributed by atoms with Gasteiger partial charge in [-0.3, -0.25) is 14.5 Å². The third-order valence-corrected chi connectivity index (χ3v) is 8.25. The van der Waals surface area contributed by atoms with E-state index in [0.29, 0.717) is 48.2 Å². The summed E-state index contributed by atoms with van der Waals surface area (Å²) in [5.74, 6) is 0.465. The second-order valence-corrected chi connectivity index (χ2v) is 11.5. The third kappa shape index (κ3) is 6.49.